The van der Waals surface area contributed by atoms with Crippen molar-refractivity contribution in [2.24, 2.45) is 11.3 Å². The third kappa shape index (κ3) is 6.28. The molecule has 0 atom stereocenters. The normalized spacial score (nSPS) is 23.0. The summed E-state index contributed by atoms with van der Waals surface area (Å²) < 4.78 is 0. The maximum atomic E-state index is 3.55. The van der Waals surface area contributed by atoms with Crippen molar-refractivity contribution in [1.29, 1.82) is 0 Å². The van der Waals surface area contributed by atoms with Crippen molar-refractivity contribution in [3.8, 4) is 0 Å². The highest BCUT2D eigenvalue weighted by Crippen LogP contribution is 2.44. The summed E-state index contributed by atoms with van der Waals surface area (Å²) in [4.78, 5) is 2.74. The van der Waals surface area contributed by atoms with E-state index in [1.54, 1.807) is 0 Å². The van der Waals surface area contributed by atoms with Crippen molar-refractivity contribution in [2.75, 3.05) is 32.7 Å². The molecule has 0 aromatic heterocycles. The predicted molar refractivity (Wildman–Crippen MR) is 92.8 cm³/mol. The van der Waals surface area contributed by atoms with E-state index in [4.69, 9.17) is 0 Å². The van der Waals surface area contributed by atoms with Crippen LogP contribution in [0.4, 0.5) is 0 Å². The molecule has 1 saturated carbocycles. The van der Waals surface area contributed by atoms with Crippen molar-refractivity contribution < 1.29 is 0 Å². The van der Waals surface area contributed by atoms with Gasteiger partial charge in [0.1, 0.15) is 0 Å². The smallest absolute Gasteiger partial charge is 0.00134 e. The highest BCUT2D eigenvalue weighted by molar-refractivity contribution is 4.88. The van der Waals surface area contributed by atoms with Gasteiger partial charge in [0.15, 0.2) is 0 Å². The summed E-state index contributed by atoms with van der Waals surface area (Å²) in [5, 5.41) is 3.55. The van der Waals surface area contributed by atoms with Crippen LogP contribution in [0.15, 0.2) is 0 Å². The largest absolute Gasteiger partial charge is 0.316 e. The molecule has 1 N–H and O–H groups in total. The third-order valence-corrected chi connectivity index (χ3v) is 5.71. The Labute approximate surface area is 133 Å². The average molecular weight is 295 g/mol. The molecule has 0 amide bonds. The standard InChI is InChI=1S/C19H38N2/c1-18(2)17-20-13-7-4-8-14-21-15-11-19(12-16-21)9-5-3-6-10-19/h18,20H,3-17H2,1-2H3. The number of rotatable bonds is 8. The molecule has 0 aromatic rings. The molecule has 1 spiro atoms. The van der Waals surface area contributed by atoms with E-state index in [1.807, 2.05) is 0 Å². The zero-order valence-corrected chi connectivity index (χ0v) is 14.6. The van der Waals surface area contributed by atoms with Crippen LogP contribution in [-0.2, 0) is 0 Å². The SMILES string of the molecule is CC(C)CNCCCCCN1CCC2(CCCCC2)CC1. The van der Waals surface area contributed by atoms with Gasteiger partial charge in [0.2, 0.25) is 0 Å². The van der Waals surface area contributed by atoms with E-state index in [0.29, 0.717) is 0 Å². The summed E-state index contributed by atoms with van der Waals surface area (Å²) in [6.07, 6.45) is 14.7. The van der Waals surface area contributed by atoms with Crippen molar-refractivity contribution in [3.05, 3.63) is 0 Å². The summed E-state index contributed by atoms with van der Waals surface area (Å²) in [5.74, 6) is 0.783. The maximum absolute atomic E-state index is 3.55. The van der Waals surface area contributed by atoms with Crippen LogP contribution in [-0.4, -0.2) is 37.6 Å². The Hall–Kier alpha value is -0.0800. The molecular formula is C19H38N2. The molecule has 1 saturated heterocycles. The van der Waals surface area contributed by atoms with Crippen LogP contribution in [0.3, 0.4) is 0 Å². The Balaban J connectivity index is 1.47. The number of hydrogen-bond donors (Lipinski definition) is 1. The van der Waals surface area contributed by atoms with E-state index in [1.165, 1.54) is 96.9 Å². The van der Waals surface area contributed by atoms with Crippen molar-refractivity contribution in [3.63, 3.8) is 0 Å². The average Bonchev–Trinajstić information content (AvgIpc) is 2.49. The first-order valence-corrected chi connectivity index (χ1v) is 9.63. The minimum Gasteiger partial charge on any atom is -0.316 e. The van der Waals surface area contributed by atoms with E-state index in [9.17, 15) is 0 Å². The summed E-state index contributed by atoms with van der Waals surface area (Å²) in [6.45, 7) is 11.1. The maximum Gasteiger partial charge on any atom is -0.00134 e. The van der Waals surface area contributed by atoms with Crippen LogP contribution < -0.4 is 5.32 Å². The van der Waals surface area contributed by atoms with Gasteiger partial charge in [0.25, 0.3) is 0 Å². The van der Waals surface area contributed by atoms with Crippen LogP contribution in [0.2, 0.25) is 0 Å². The lowest BCUT2D eigenvalue weighted by atomic mass is 9.68. The Kier molecular flexibility index (Phi) is 7.53. The zero-order chi connectivity index (χ0) is 15.0. The molecule has 0 bridgehead atoms. The first-order chi connectivity index (χ1) is 10.2. The Bertz CT molecular complexity index is 259. The van der Waals surface area contributed by atoms with E-state index < -0.39 is 0 Å². The monoisotopic (exact) mass is 294 g/mol. The van der Waals surface area contributed by atoms with Crippen molar-refractivity contribution in [2.45, 2.75) is 78.1 Å². The van der Waals surface area contributed by atoms with E-state index in [-0.39, 0.29) is 0 Å². The van der Waals surface area contributed by atoms with Crippen LogP contribution in [0.1, 0.15) is 78.1 Å². The summed E-state index contributed by atoms with van der Waals surface area (Å²) >= 11 is 0. The lowest BCUT2D eigenvalue weighted by Gasteiger charge is -2.44. The fourth-order valence-electron chi connectivity index (χ4n) is 4.21. The van der Waals surface area contributed by atoms with Gasteiger partial charge >= 0.3 is 0 Å². The Morgan fingerprint density at radius 3 is 2.29 bits per heavy atom. The van der Waals surface area contributed by atoms with Crippen molar-refractivity contribution in [1.82, 2.24) is 10.2 Å². The summed E-state index contributed by atoms with van der Waals surface area (Å²) in [6, 6.07) is 0. The number of piperidine rings is 1. The van der Waals surface area contributed by atoms with Gasteiger partial charge < -0.3 is 10.2 Å². The second-order valence-corrected chi connectivity index (χ2v) is 8.06. The molecule has 2 aliphatic rings. The second-order valence-electron chi connectivity index (χ2n) is 8.06. The van der Waals surface area contributed by atoms with Crippen LogP contribution >= 0.6 is 0 Å². The quantitative estimate of drug-likeness (QED) is 0.665. The van der Waals surface area contributed by atoms with E-state index >= 15 is 0 Å². The highest BCUT2D eigenvalue weighted by Gasteiger charge is 2.35. The fraction of sp³-hybridized carbons (Fsp3) is 1.00. The highest BCUT2D eigenvalue weighted by atomic mass is 15.1. The summed E-state index contributed by atoms with van der Waals surface area (Å²) in [5.41, 5.74) is 0.773. The molecule has 2 heteroatoms. The molecule has 2 nitrogen and oxygen atoms in total. The number of unbranched alkanes of at least 4 members (excludes halogenated alkanes) is 2. The summed E-state index contributed by atoms with van der Waals surface area (Å²) in [7, 11) is 0. The Morgan fingerprint density at radius 1 is 0.905 bits per heavy atom. The van der Waals surface area contributed by atoms with Gasteiger partial charge in [-0.25, -0.2) is 0 Å². The number of likely N-dealkylation sites (tertiary alicyclic amines) is 1. The molecule has 124 valence electrons. The van der Waals surface area contributed by atoms with Gasteiger partial charge in [-0.05, 0) is 82.6 Å². The van der Waals surface area contributed by atoms with Crippen LogP contribution in [0.5, 0.6) is 0 Å². The first-order valence-electron chi connectivity index (χ1n) is 9.63. The van der Waals surface area contributed by atoms with E-state index in [2.05, 4.69) is 24.1 Å². The molecule has 2 rings (SSSR count). The zero-order valence-electron chi connectivity index (χ0n) is 14.6. The molecule has 2 fully saturated rings. The van der Waals surface area contributed by atoms with Gasteiger partial charge in [-0.15, -0.1) is 0 Å². The second kappa shape index (κ2) is 9.15. The fourth-order valence-corrected chi connectivity index (χ4v) is 4.21. The van der Waals surface area contributed by atoms with Gasteiger partial charge in [-0.2, -0.15) is 0 Å². The lowest BCUT2D eigenvalue weighted by Crippen LogP contribution is -2.41. The predicted octanol–water partition coefficient (Wildman–Crippen LogP) is 4.45. The molecule has 0 unspecified atom stereocenters. The minimum atomic E-state index is 0.773. The number of nitrogens with one attached hydrogen (secondary N) is 1. The number of hydrogen-bond acceptors (Lipinski definition) is 2. The Morgan fingerprint density at radius 2 is 1.62 bits per heavy atom. The van der Waals surface area contributed by atoms with E-state index in [0.717, 1.165) is 11.3 Å². The molecular weight excluding hydrogens is 256 g/mol. The van der Waals surface area contributed by atoms with Gasteiger partial charge in [-0.1, -0.05) is 39.5 Å². The third-order valence-electron chi connectivity index (χ3n) is 5.71. The molecule has 1 aliphatic heterocycles. The van der Waals surface area contributed by atoms with Gasteiger partial charge in [-0.3, -0.25) is 0 Å². The van der Waals surface area contributed by atoms with Gasteiger partial charge in [0.05, 0.1) is 0 Å². The van der Waals surface area contributed by atoms with Crippen LogP contribution in [0, 0.1) is 11.3 Å². The lowest BCUT2D eigenvalue weighted by molar-refractivity contribution is 0.0670. The van der Waals surface area contributed by atoms with Crippen LogP contribution in [0.25, 0.3) is 0 Å². The molecule has 0 radical (unpaired) electrons. The minimum absolute atomic E-state index is 0.773. The first kappa shape index (κ1) is 17.3. The van der Waals surface area contributed by atoms with Crippen molar-refractivity contribution >= 4 is 0 Å². The number of nitrogens with zero attached hydrogens (tertiary/aromatic N) is 1. The molecule has 1 heterocycles. The topological polar surface area (TPSA) is 15.3 Å². The molecule has 21 heavy (non-hydrogen) atoms. The molecule has 1 aliphatic carbocycles. The van der Waals surface area contributed by atoms with Gasteiger partial charge in [0, 0.05) is 0 Å². The molecule has 0 aromatic carbocycles.